The van der Waals surface area contributed by atoms with Crippen LogP contribution in [-0.2, 0) is 71.4 Å². The summed E-state index contributed by atoms with van der Waals surface area (Å²) >= 11 is 1.37. The number of nitrogens with one attached hydrogen (secondary N) is 2. The molecule has 75 heavy (non-hydrogen) atoms. The molecule has 398 valence electrons. The highest BCUT2D eigenvalue weighted by Crippen LogP contribution is 2.48. The van der Waals surface area contributed by atoms with Crippen LogP contribution < -0.4 is 15.5 Å². The number of allylic oxidation sites excluding steroid dienone is 6. The zero-order valence-electron chi connectivity index (χ0n) is 42.8. The van der Waals surface area contributed by atoms with Gasteiger partial charge in [0.1, 0.15) is 13.1 Å². The number of likely N-dealkylation sites (N-methyl/N-ethyl adjacent to an activating group) is 1. The molecule has 2 aromatic heterocycles. The fourth-order valence-corrected chi connectivity index (χ4v) is 12.4. The average Bonchev–Trinajstić information content (AvgIpc) is 4.19. The van der Waals surface area contributed by atoms with Crippen molar-refractivity contribution in [1.29, 1.82) is 5.26 Å². The molecule has 0 radical (unpaired) electrons. The lowest BCUT2D eigenvalue weighted by Crippen LogP contribution is -2.37. The lowest BCUT2D eigenvalue weighted by Gasteiger charge is -2.25. The Morgan fingerprint density at radius 1 is 0.947 bits per heavy atom. The van der Waals surface area contributed by atoms with E-state index in [1.54, 1.807) is 28.1 Å². The lowest BCUT2D eigenvalue weighted by molar-refractivity contribution is -0.438. The summed E-state index contributed by atoms with van der Waals surface area (Å²) < 4.78 is 71.6. The molecule has 4 N–H and O–H groups in total. The molecule has 3 amide bonds. The minimum Gasteiger partial charge on any atom is -0.356 e. The minimum absolute atomic E-state index is 0.0318. The summed E-state index contributed by atoms with van der Waals surface area (Å²) in [5, 5.41) is 23.9. The van der Waals surface area contributed by atoms with Crippen LogP contribution in [0.5, 0.6) is 0 Å². The zero-order valence-corrected chi connectivity index (χ0v) is 45.3. The second kappa shape index (κ2) is 22.3. The van der Waals surface area contributed by atoms with Gasteiger partial charge in [0.2, 0.25) is 23.4 Å². The summed E-state index contributed by atoms with van der Waals surface area (Å²) in [7, 11) is -8.82. The van der Waals surface area contributed by atoms with E-state index in [0.717, 1.165) is 57.3 Å². The van der Waals surface area contributed by atoms with Gasteiger partial charge in [-0.1, -0.05) is 48.6 Å². The van der Waals surface area contributed by atoms with E-state index in [0.29, 0.717) is 95.2 Å². The van der Waals surface area contributed by atoms with E-state index < -0.39 is 31.1 Å². The number of carbonyl (C=O) groups excluding carboxylic acids is 3. The van der Waals surface area contributed by atoms with Gasteiger partial charge in [-0.05, 0) is 94.8 Å². The Kier molecular flexibility index (Phi) is 16.3. The maximum absolute atomic E-state index is 13.3. The molecule has 8 rings (SSSR count). The summed E-state index contributed by atoms with van der Waals surface area (Å²) in [6, 6.07) is 9.31. The number of amides is 3. The Hall–Kier alpha value is -6.58. The van der Waals surface area contributed by atoms with Crippen LogP contribution in [0.25, 0.3) is 0 Å². The van der Waals surface area contributed by atoms with Crippen LogP contribution in [0, 0.1) is 17.4 Å². The number of fused-ring (bicyclic) bond motifs is 3. The van der Waals surface area contributed by atoms with Crippen LogP contribution in [0.2, 0.25) is 0 Å². The monoisotopic (exact) mass is 1080 g/mol. The summed E-state index contributed by atoms with van der Waals surface area (Å²) in [4.78, 5) is 49.5. The molecular weight excluding hydrogens is 1020 g/mol. The highest BCUT2D eigenvalue weighted by molar-refractivity contribution is 7.86. The number of nitrogens with zero attached hydrogens (tertiary/aromatic N) is 9. The molecule has 4 aliphatic rings. The Morgan fingerprint density at radius 2 is 1.69 bits per heavy atom. The number of unbranched alkanes of at least 4 members (excludes halogenated alkanes) is 2. The Morgan fingerprint density at radius 3 is 2.41 bits per heavy atom. The van der Waals surface area contributed by atoms with Crippen molar-refractivity contribution in [3.63, 3.8) is 0 Å². The number of rotatable bonds is 20. The molecule has 4 aromatic rings. The van der Waals surface area contributed by atoms with Gasteiger partial charge in [0.15, 0.2) is 17.0 Å². The summed E-state index contributed by atoms with van der Waals surface area (Å²) in [6.07, 6.45) is 18.5. The number of hydrogen-bond donors (Lipinski definition) is 4. The normalized spacial score (nSPS) is 18.5. The Balaban J connectivity index is 0.796. The first kappa shape index (κ1) is 54.7. The van der Waals surface area contributed by atoms with Crippen molar-refractivity contribution in [1.82, 2.24) is 35.1 Å². The van der Waals surface area contributed by atoms with Crippen LogP contribution in [0.1, 0.15) is 101 Å². The first-order valence-electron chi connectivity index (χ1n) is 25.2. The number of hydrogen-bond acceptors (Lipinski definition) is 14. The molecule has 0 spiro atoms. The van der Waals surface area contributed by atoms with Crippen LogP contribution in [0.15, 0.2) is 88.5 Å². The number of aromatic nitrogens is 4. The molecule has 2 aromatic carbocycles. The van der Waals surface area contributed by atoms with Crippen molar-refractivity contribution in [2.24, 2.45) is 5.92 Å². The standard InChI is InChI=1S/C52H63N11O9S3/c1-6-62-42-20-18-37(74(67,68)69)28-39(42)51(2,3)45(62)15-9-7-10-16-46-52(4,5)40-29-38(75(70,71)72)19-21-43(40)63(46)25-12-8-11-17-47(64)54-24-13-14-36-31-61(58-57-36)33-48(65)60-27-23-41-44(32-60)73-50(55-41)56-49(66)35-22-26-59(30-35)34-53/h7,9-10,15-16,18-21,28-29,31,35H,6,8,11-14,17,22-27,30,32-33H2,1-5H3,(H3-,54,55,56,64,66,67,68,69,70,71,72)/p+1/t35-/m1/s1. The SMILES string of the molecule is CCN1C(=CC=CC=CC2=[N+](CCCCCC(=O)NCCCc3cn(CC(=O)N4CCc5nc(NC(=O)[C@@H]6CCN(C#N)C6)sc5C4)nn3)c3ccc(S(=O)(=O)O)cc3C2(C)C)C(C)(C)c2cc(S(=O)(=O)O)ccc21. The first-order chi connectivity index (χ1) is 35.6. The quantitative estimate of drug-likeness (QED) is 0.0258. The van der Waals surface area contributed by atoms with E-state index in [1.165, 1.54) is 40.3 Å². The predicted molar refractivity (Wildman–Crippen MR) is 283 cm³/mol. The van der Waals surface area contributed by atoms with Gasteiger partial charge >= 0.3 is 0 Å². The summed E-state index contributed by atoms with van der Waals surface area (Å²) in [5.41, 5.74) is 5.56. The lowest BCUT2D eigenvalue weighted by atomic mass is 9.81. The van der Waals surface area contributed by atoms with Gasteiger partial charge in [-0.15, -0.1) is 5.10 Å². The van der Waals surface area contributed by atoms with E-state index in [-0.39, 0.29) is 40.0 Å². The number of thiazole rings is 1. The minimum atomic E-state index is -4.44. The van der Waals surface area contributed by atoms with Crippen molar-refractivity contribution in [3.05, 3.63) is 106 Å². The summed E-state index contributed by atoms with van der Waals surface area (Å²) in [5.74, 6) is -0.561. The molecular formula is C52H64N11O9S3+. The van der Waals surface area contributed by atoms with Crippen molar-refractivity contribution in [2.45, 2.75) is 120 Å². The highest BCUT2D eigenvalue weighted by Gasteiger charge is 2.45. The first-order valence-corrected chi connectivity index (χ1v) is 28.9. The van der Waals surface area contributed by atoms with E-state index in [1.807, 2.05) is 65.0 Å². The highest BCUT2D eigenvalue weighted by atomic mass is 32.2. The molecule has 0 saturated carbocycles. The number of nitriles is 1. The van der Waals surface area contributed by atoms with E-state index in [9.17, 15) is 40.3 Å². The van der Waals surface area contributed by atoms with Gasteiger partial charge in [-0.2, -0.15) is 26.7 Å². The molecule has 20 nitrogen and oxygen atoms in total. The van der Waals surface area contributed by atoms with Gasteiger partial charge in [-0.3, -0.25) is 23.5 Å². The van der Waals surface area contributed by atoms with Crippen LogP contribution >= 0.6 is 11.3 Å². The smallest absolute Gasteiger partial charge is 0.294 e. The molecule has 1 fully saturated rings. The Labute approximate surface area is 442 Å². The third kappa shape index (κ3) is 12.3. The maximum atomic E-state index is 13.3. The van der Waals surface area contributed by atoms with Crippen LogP contribution in [0.4, 0.5) is 16.5 Å². The largest absolute Gasteiger partial charge is 0.356 e. The molecule has 0 bridgehead atoms. The zero-order chi connectivity index (χ0) is 53.9. The fraction of sp³-hybridized carbons (Fsp3) is 0.462. The molecule has 4 aliphatic heterocycles. The topological polar surface area (TPSA) is 264 Å². The number of carbonyl (C=O) groups is 3. The molecule has 1 saturated heterocycles. The van der Waals surface area contributed by atoms with Gasteiger partial charge in [-0.25, -0.2) is 9.67 Å². The number of likely N-dealkylation sites (tertiary alicyclic amines) is 1. The van der Waals surface area contributed by atoms with Crippen molar-refractivity contribution in [3.8, 4) is 6.19 Å². The van der Waals surface area contributed by atoms with Crippen molar-refractivity contribution < 1.29 is 44.9 Å². The van der Waals surface area contributed by atoms with Crippen LogP contribution in [0.3, 0.4) is 0 Å². The molecule has 0 unspecified atom stereocenters. The third-order valence-electron chi connectivity index (χ3n) is 14.5. The van der Waals surface area contributed by atoms with Gasteiger partial charge < -0.3 is 25.3 Å². The molecule has 23 heteroatoms. The predicted octanol–water partition coefficient (Wildman–Crippen LogP) is 6.05. The van der Waals surface area contributed by atoms with E-state index in [2.05, 4.69) is 41.6 Å². The number of aryl methyl sites for hydroxylation is 1. The van der Waals surface area contributed by atoms with E-state index in [4.69, 9.17) is 5.26 Å². The van der Waals surface area contributed by atoms with Gasteiger partial charge in [0.05, 0.1) is 39.1 Å². The van der Waals surface area contributed by atoms with Crippen LogP contribution in [-0.4, -0.2) is 123 Å². The van der Waals surface area contributed by atoms with Crippen molar-refractivity contribution >= 4 is 71.5 Å². The second-order valence-electron chi connectivity index (χ2n) is 20.3. The molecule has 0 aliphatic carbocycles. The number of anilines is 2. The van der Waals surface area contributed by atoms with E-state index >= 15 is 0 Å². The second-order valence-corrected chi connectivity index (χ2v) is 24.2. The van der Waals surface area contributed by atoms with Crippen molar-refractivity contribution in [2.75, 3.05) is 49.5 Å². The van der Waals surface area contributed by atoms with Gasteiger partial charge in [0, 0.05) is 97.6 Å². The average molecular weight is 1080 g/mol. The number of benzene rings is 2. The summed E-state index contributed by atoms with van der Waals surface area (Å²) in [6.45, 7) is 13.7. The third-order valence-corrected chi connectivity index (χ3v) is 17.2. The molecule has 1 atom stereocenters. The fourth-order valence-electron chi connectivity index (χ4n) is 10.4. The maximum Gasteiger partial charge on any atom is 0.294 e. The molecule has 6 heterocycles. The van der Waals surface area contributed by atoms with Gasteiger partial charge in [0.25, 0.3) is 20.2 Å². The Bertz CT molecular complexity index is 3280.